The molecule has 0 bridgehead atoms. The minimum Gasteiger partial charge on any atom is -0.353 e. The third kappa shape index (κ3) is 4.24. The number of nitrogens with zero attached hydrogens (tertiary/aromatic N) is 1. The van der Waals surface area contributed by atoms with Gasteiger partial charge in [0.15, 0.2) is 0 Å². The number of carbonyl (C=O) groups excluding carboxylic acids is 2. The Bertz CT molecular complexity index is 283. The number of nitrogens with one attached hydrogen (secondary N) is 2. The molecule has 1 saturated carbocycles. The van der Waals surface area contributed by atoms with Gasteiger partial charge in [-0.1, -0.05) is 0 Å². The highest BCUT2D eigenvalue weighted by atomic mass is 16.2. The predicted molar refractivity (Wildman–Crippen MR) is 64.6 cm³/mol. The van der Waals surface area contributed by atoms with Crippen LogP contribution in [0.1, 0.15) is 38.5 Å². The van der Waals surface area contributed by atoms with Crippen LogP contribution in [0.4, 0.5) is 4.79 Å². The number of hydrogen-bond acceptors (Lipinski definition) is 2. The van der Waals surface area contributed by atoms with Gasteiger partial charge in [-0.3, -0.25) is 4.79 Å². The average Bonchev–Trinajstić information content (AvgIpc) is 2.96. The first kappa shape index (κ1) is 12.2. The Balaban J connectivity index is 1.49. The van der Waals surface area contributed by atoms with Gasteiger partial charge in [0.1, 0.15) is 0 Å². The molecule has 5 heteroatoms. The van der Waals surface area contributed by atoms with E-state index in [2.05, 4.69) is 10.6 Å². The summed E-state index contributed by atoms with van der Waals surface area (Å²) in [5.74, 6) is 0.114. The van der Waals surface area contributed by atoms with Crippen molar-refractivity contribution in [2.24, 2.45) is 0 Å². The molecule has 2 rings (SSSR count). The first-order valence-corrected chi connectivity index (χ1v) is 6.58. The molecule has 0 aromatic rings. The molecule has 0 aromatic carbocycles. The topological polar surface area (TPSA) is 61.4 Å². The Kier molecular flexibility index (Phi) is 4.23. The second-order valence-electron chi connectivity index (χ2n) is 4.87. The molecule has 96 valence electrons. The lowest BCUT2D eigenvalue weighted by Crippen LogP contribution is -2.38. The van der Waals surface area contributed by atoms with E-state index < -0.39 is 0 Å². The van der Waals surface area contributed by atoms with Crippen molar-refractivity contribution in [2.75, 3.05) is 19.6 Å². The highest BCUT2D eigenvalue weighted by Gasteiger charge is 2.22. The Morgan fingerprint density at radius 1 is 1.18 bits per heavy atom. The second kappa shape index (κ2) is 5.89. The van der Waals surface area contributed by atoms with Crippen molar-refractivity contribution in [3.8, 4) is 0 Å². The van der Waals surface area contributed by atoms with Gasteiger partial charge in [-0.25, -0.2) is 4.79 Å². The fraction of sp³-hybridized carbons (Fsp3) is 0.833. The van der Waals surface area contributed by atoms with E-state index in [4.69, 9.17) is 0 Å². The molecule has 0 spiro atoms. The van der Waals surface area contributed by atoms with Crippen molar-refractivity contribution in [3.05, 3.63) is 0 Å². The Labute approximate surface area is 102 Å². The number of hydrogen-bond donors (Lipinski definition) is 2. The Morgan fingerprint density at radius 3 is 2.53 bits per heavy atom. The fourth-order valence-corrected chi connectivity index (χ4v) is 2.00. The number of rotatable bonds is 5. The highest BCUT2D eigenvalue weighted by molar-refractivity contribution is 5.77. The third-order valence-corrected chi connectivity index (χ3v) is 3.19. The van der Waals surface area contributed by atoms with Crippen LogP contribution in [0.15, 0.2) is 0 Å². The SMILES string of the molecule is O=C(CCCNC(=O)N1CCCC1)NC1CC1. The standard InChI is InChI=1S/C12H21N3O2/c16-11(14-10-5-6-10)4-3-7-13-12(17)15-8-1-2-9-15/h10H,1-9H2,(H,13,17)(H,14,16). The summed E-state index contributed by atoms with van der Waals surface area (Å²) in [5, 5.41) is 5.79. The zero-order valence-corrected chi connectivity index (χ0v) is 10.2. The fourth-order valence-electron chi connectivity index (χ4n) is 2.00. The van der Waals surface area contributed by atoms with Crippen LogP contribution in [-0.2, 0) is 4.79 Å². The number of urea groups is 1. The maximum Gasteiger partial charge on any atom is 0.317 e. The third-order valence-electron chi connectivity index (χ3n) is 3.19. The maximum absolute atomic E-state index is 11.6. The Morgan fingerprint density at radius 2 is 1.88 bits per heavy atom. The van der Waals surface area contributed by atoms with Gasteiger partial charge >= 0.3 is 6.03 Å². The van der Waals surface area contributed by atoms with Crippen LogP contribution in [0.25, 0.3) is 0 Å². The lowest BCUT2D eigenvalue weighted by atomic mass is 10.3. The predicted octanol–water partition coefficient (Wildman–Crippen LogP) is 0.851. The molecule has 0 atom stereocenters. The summed E-state index contributed by atoms with van der Waals surface area (Å²) in [4.78, 5) is 24.8. The molecule has 1 aliphatic heterocycles. The first-order valence-electron chi connectivity index (χ1n) is 6.58. The van der Waals surface area contributed by atoms with Crippen molar-refractivity contribution in [3.63, 3.8) is 0 Å². The van der Waals surface area contributed by atoms with Crippen molar-refractivity contribution < 1.29 is 9.59 Å². The van der Waals surface area contributed by atoms with Crippen LogP contribution in [0.2, 0.25) is 0 Å². The molecular weight excluding hydrogens is 218 g/mol. The second-order valence-corrected chi connectivity index (χ2v) is 4.87. The van der Waals surface area contributed by atoms with Gasteiger partial charge in [-0.2, -0.15) is 0 Å². The van der Waals surface area contributed by atoms with Crippen LogP contribution in [0, 0.1) is 0 Å². The molecule has 0 unspecified atom stereocenters. The minimum absolute atomic E-state index is 0.0186. The summed E-state index contributed by atoms with van der Waals surface area (Å²) in [6.07, 6.45) is 5.69. The lowest BCUT2D eigenvalue weighted by molar-refractivity contribution is -0.121. The van der Waals surface area contributed by atoms with Crippen molar-refractivity contribution >= 4 is 11.9 Å². The van der Waals surface area contributed by atoms with Gasteiger partial charge in [-0.15, -0.1) is 0 Å². The van der Waals surface area contributed by atoms with Gasteiger partial charge in [0, 0.05) is 32.1 Å². The van der Waals surface area contributed by atoms with Gasteiger partial charge in [0.05, 0.1) is 0 Å². The lowest BCUT2D eigenvalue weighted by Gasteiger charge is -2.15. The summed E-state index contributed by atoms with van der Waals surface area (Å²) in [5.41, 5.74) is 0. The molecule has 0 aromatic heterocycles. The van der Waals surface area contributed by atoms with E-state index in [1.54, 1.807) is 0 Å². The van der Waals surface area contributed by atoms with Crippen molar-refractivity contribution in [1.29, 1.82) is 0 Å². The van der Waals surface area contributed by atoms with Crippen molar-refractivity contribution in [2.45, 2.75) is 44.6 Å². The van der Waals surface area contributed by atoms with Gasteiger partial charge in [-0.05, 0) is 32.1 Å². The molecule has 3 amide bonds. The van der Waals surface area contributed by atoms with Crippen LogP contribution in [-0.4, -0.2) is 42.5 Å². The zero-order valence-electron chi connectivity index (χ0n) is 10.2. The Hall–Kier alpha value is -1.26. The molecule has 17 heavy (non-hydrogen) atoms. The van der Waals surface area contributed by atoms with E-state index in [9.17, 15) is 9.59 Å². The molecule has 2 aliphatic rings. The average molecular weight is 239 g/mol. The van der Waals surface area contributed by atoms with Crippen LogP contribution in [0.5, 0.6) is 0 Å². The number of carbonyl (C=O) groups is 2. The minimum atomic E-state index is 0.0186. The normalized spacial score (nSPS) is 19.2. The molecule has 2 fully saturated rings. The highest BCUT2D eigenvalue weighted by Crippen LogP contribution is 2.18. The molecule has 2 N–H and O–H groups in total. The molecule has 1 aliphatic carbocycles. The monoisotopic (exact) mass is 239 g/mol. The van der Waals surface area contributed by atoms with E-state index in [1.165, 1.54) is 0 Å². The quantitative estimate of drug-likeness (QED) is 0.699. The van der Waals surface area contributed by atoms with Gasteiger partial charge < -0.3 is 15.5 Å². The van der Waals surface area contributed by atoms with Crippen LogP contribution < -0.4 is 10.6 Å². The summed E-state index contributed by atoms with van der Waals surface area (Å²) >= 11 is 0. The number of likely N-dealkylation sites (tertiary alicyclic amines) is 1. The van der Waals surface area contributed by atoms with E-state index in [-0.39, 0.29) is 11.9 Å². The number of amides is 3. The summed E-state index contributed by atoms with van der Waals surface area (Å²) in [6, 6.07) is 0.451. The molecule has 1 heterocycles. The van der Waals surface area contributed by atoms with E-state index in [0.29, 0.717) is 19.0 Å². The largest absolute Gasteiger partial charge is 0.353 e. The van der Waals surface area contributed by atoms with Crippen LogP contribution in [0.3, 0.4) is 0 Å². The summed E-state index contributed by atoms with van der Waals surface area (Å²) in [6.45, 7) is 2.33. The smallest absolute Gasteiger partial charge is 0.317 e. The molecule has 1 saturated heterocycles. The molecule has 5 nitrogen and oxygen atoms in total. The summed E-state index contributed by atoms with van der Waals surface area (Å²) in [7, 11) is 0. The van der Waals surface area contributed by atoms with E-state index in [0.717, 1.165) is 45.2 Å². The van der Waals surface area contributed by atoms with E-state index >= 15 is 0 Å². The van der Waals surface area contributed by atoms with Crippen molar-refractivity contribution in [1.82, 2.24) is 15.5 Å². The zero-order chi connectivity index (χ0) is 12.1. The first-order chi connectivity index (χ1) is 8.25. The molecular formula is C12H21N3O2. The molecule has 0 radical (unpaired) electrons. The van der Waals surface area contributed by atoms with Crippen LogP contribution >= 0.6 is 0 Å². The maximum atomic E-state index is 11.6. The van der Waals surface area contributed by atoms with Gasteiger partial charge in [0.25, 0.3) is 0 Å². The van der Waals surface area contributed by atoms with Gasteiger partial charge in [0.2, 0.25) is 5.91 Å². The summed E-state index contributed by atoms with van der Waals surface area (Å²) < 4.78 is 0. The van der Waals surface area contributed by atoms with E-state index in [1.807, 2.05) is 4.90 Å².